The van der Waals surface area contributed by atoms with Crippen LogP contribution >= 0.6 is 0 Å². The lowest BCUT2D eigenvalue weighted by Crippen LogP contribution is -2.28. The number of aromatic nitrogens is 10. The van der Waals surface area contributed by atoms with E-state index in [-0.39, 0.29) is 71.2 Å². The van der Waals surface area contributed by atoms with E-state index in [1.54, 1.807) is 6.33 Å². The maximum absolute atomic E-state index is 5.59. The van der Waals surface area contributed by atoms with E-state index in [9.17, 15) is 0 Å². The highest BCUT2D eigenvalue weighted by molar-refractivity contribution is 5.90. The standard InChI is InChI=1S/C11H21NO.C11H19NO.C10H19N3.3C10H18N2O/c2*1-10(2,3)8-7-9(13-12-8)11(4,5)6;1-9(2,3)8-11-7-13(12-8)10(4,5)6;1-9(2,3)7-11-12-8(13-7)10(4,5)6;2*1-9(2,3)7-11-8(13-12-7)10(4,5)6/h9H,7H2,1-6H3;2*7H,1-6H3;3*1-6H3. The minimum atomic E-state index is -0.0590. The van der Waals surface area contributed by atoms with Gasteiger partial charge in [0, 0.05) is 72.1 Å². The molecule has 0 aliphatic carbocycles. The Hall–Kier alpha value is -4.76. The first-order valence-corrected chi connectivity index (χ1v) is 27.9. The van der Waals surface area contributed by atoms with Gasteiger partial charge in [-0.2, -0.15) is 15.1 Å². The number of hydrogen-bond donors (Lipinski definition) is 0. The summed E-state index contributed by atoms with van der Waals surface area (Å²) in [6.45, 7) is 75.8. The molecular weight excluding hydrogens is 979 g/mol. The van der Waals surface area contributed by atoms with Gasteiger partial charge in [-0.05, 0) is 20.8 Å². The highest BCUT2D eigenvalue weighted by Gasteiger charge is 2.37. The van der Waals surface area contributed by atoms with E-state index < -0.39 is 0 Å². The van der Waals surface area contributed by atoms with Gasteiger partial charge in [-0.3, -0.25) is 0 Å². The summed E-state index contributed by atoms with van der Waals surface area (Å²) in [5.74, 6) is 6.24. The van der Waals surface area contributed by atoms with Crippen molar-refractivity contribution in [1.82, 2.24) is 50.4 Å². The second-order valence-electron chi connectivity index (χ2n) is 33.2. The van der Waals surface area contributed by atoms with Crippen molar-refractivity contribution < 1.29 is 22.8 Å². The van der Waals surface area contributed by atoms with Crippen molar-refractivity contribution in [2.45, 2.75) is 316 Å². The van der Waals surface area contributed by atoms with E-state index in [0.717, 1.165) is 35.3 Å². The van der Waals surface area contributed by atoms with Gasteiger partial charge in [0.1, 0.15) is 18.2 Å². The number of hydrogen-bond acceptors (Lipinski definition) is 15. The molecule has 5 aromatic rings. The molecule has 0 radical (unpaired) electrons. The minimum absolute atomic E-state index is 0.0243. The van der Waals surface area contributed by atoms with Crippen molar-refractivity contribution >= 4 is 5.71 Å². The number of rotatable bonds is 0. The molecular formula is C62H113N11O5. The fourth-order valence-electron chi connectivity index (χ4n) is 5.69. The van der Waals surface area contributed by atoms with Crippen LogP contribution in [-0.2, 0) is 59.1 Å². The van der Waals surface area contributed by atoms with E-state index in [1.807, 2.05) is 4.68 Å². The normalized spacial score (nSPS) is 15.2. The lowest BCUT2D eigenvalue weighted by molar-refractivity contribution is 0.00830. The largest absolute Gasteiger partial charge is 0.424 e. The quantitative estimate of drug-likeness (QED) is 0.142. The van der Waals surface area contributed by atoms with Crippen LogP contribution in [0.3, 0.4) is 0 Å². The predicted molar refractivity (Wildman–Crippen MR) is 319 cm³/mol. The first-order chi connectivity index (χ1) is 34.3. The first kappa shape index (κ1) is 71.3. The SMILES string of the molecule is CC(C)(C)C1=NOC(C(C)(C)C)C1.CC(C)(C)c1cc(C(C)(C)C)on1.CC(C)(C)c1ncn(C(C)(C)C)n1.CC(C)(C)c1nnc(C(C)(C)C)o1.CC(C)(C)c1noc(C(C)(C)C)n1.CC(C)(C)c1noc(C(C)(C)C)n1. The number of nitrogens with zero attached hydrogens (tertiary/aromatic N) is 11. The van der Waals surface area contributed by atoms with Crippen molar-refractivity contribution in [1.29, 1.82) is 0 Å². The van der Waals surface area contributed by atoms with E-state index in [4.69, 9.17) is 22.8 Å². The van der Waals surface area contributed by atoms with Gasteiger partial charge in [0.25, 0.3) is 0 Å². The Morgan fingerprint density at radius 1 is 0.410 bits per heavy atom. The first-order valence-electron chi connectivity index (χ1n) is 27.9. The highest BCUT2D eigenvalue weighted by atomic mass is 16.6. The van der Waals surface area contributed by atoms with Crippen LogP contribution < -0.4 is 0 Å². The Morgan fingerprint density at radius 2 is 0.795 bits per heavy atom. The zero-order valence-corrected chi connectivity index (χ0v) is 56.4. The van der Waals surface area contributed by atoms with Crippen molar-refractivity contribution in [3.05, 3.63) is 64.9 Å². The molecule has 16 nitrogen and oxygen atoms in total. The van der Waals surface area contributed by atoms with Gasteiger partial charge >= 0.3 is 0 Å². The Bertz CT molecular complexity index is 2090. The molecule has 16 heteroatoms. The zero-order valence-electron chi connectivity index (χ0n) is 56.4. The molecule has 0 N–H and O–H groups in total. The molecule has 1 aliphatic rings. The third kappa shape index (κ3) is 23.9. The average Bonchev–Trinajstić information content (AvgIpc) is 4.06. The van der Waals surface area contributed by atoms with Crippen molar-refractivity contribution in [2.75, 3.05) is 0 Å². The van der Waals surface area contributed by atoms with E-state index in [1.165, 1.54) is 5.71 Å². The Kier molecular flexibility index (Phi) is 22.8. The molecule has 5 aromatic heterocycles. The van der Waals surface area contributed by atoms with Crippen molar-refractivity contribution in [3.63, 3.8) is 0 Å². The molecule has 0 saturated heterocycles. The summed E-state index contributed by atoms with van der Waals surface area (Å²) >= 11 is 0. The van der Waals surface area contributed by atoms with Gasteiger partial charge < -0.3 is 22.8 Å². The molecule has 0 amide bonds. The lowest BCUT2D eigenvalue weighted by Gasteiger charge is -2.25. The molecule has 1 atom stereocenters. The second-order valence-corrected chi connectivity index (χ2v) is 33.2. The fraction of sp³-hybridized carbons (Fsp3) is 0.806. The van der Waals surface area contributed by atoms with Gasteiger partial charge in [0.2, 0.25) is 23.6 Å². The summed E-state index contributed by atoms with van der Waals surface area (Å²) in [4.78, 5) is 18.5. The minimum Gasteiger partial charge on any atom is -0.424 e. The molecule has 446 valence electrons. The van der Waals surface area contributed by atoms with Crippen LogP contribution in [-0.4, -0.2) is 62.2 Å². The maximum Gasteiger partial charge on any atom is 0.232 e. The topological polar surface area (TPSA) is 195 Å². The van der Waals surface area contributed by atoms with Gasteiger partial charge in [0.15, 0.2) is 17.5 Å². The molecule has 0 bridgehead atoms. The van der Waals surface area contributed by atoms with Gasteiger partial charge in [-0.15, -0.1) is 10.2 Å². The average molecular weight is 1090 g/mol. The molecule has 1 unspecified atom stereocenters. The Labute approximate surface area is 474 Å². The highest BCUT2D eigenvalue weighted by Crippen LogP contribution is 2.35. The Morgan fingerprint density at radius 3 is 0.974 bits per heavy atom. The van der Waals surface area contributed by atoms with Gasteiger partial charge in [0.05, 0.1) is 16.9 Å². The summed E-state index contributed by atoms with van der Waals surface area (Å²) in [5, 5.41) is 28.7. The van der Waals surface area contributed by atoms with Gasteiger partial charge in [-0.25, -0.2) is 9.67 Å². The molecule has 78 heavy (non-hydrogen) atoms. The third-order valence-corrected chi connectivity index (χ3v) is 11.6. The molecule has 1 aliphatic heterocycles. The summed E-state index contributed by atoms with van der Waals surface area (Å²) in [6, 6.07) is 2.06. The van der Waals surface area contributed by atoms with Gasteiger partial charge in [-0.1, -0.05) is 249 Å². The fourth-order valence-corrected chi connectivity index (χ4v) is 5.69. The summed E-state index contributed by atoms with van der Waals surface area (Å²) in [5.41, 5.74) is 2.44. The Balaban J connectivity index is 0.000000468. The molecule has 6 rings (SSSR count). The van der Waals surface area contributed by atoms with E-state index >= 15 is 0 Å². The lowest BCUT2D eigenvalue weighted by atomic mass is 9.81. The monoisotopic (exact) mass is 1090 g/mol. The molecule has 0 aromatic carbocycles. The van der Waals surface area contributed by atoms with Crippen LogP contribution in [0.2, 0.25) is 0 Å². The van der Waals surface area contributed by atoms with Crippen LogP contribution in [0, 0.1) is 10.8 Å². The third-order valence-electron chi connectivity index (χ3n) is 11.6. The van der Waals surface area contributed by atoms with Crippen LogP contribution in [0.5, 0.6) is 0 Å². The smallest absolute Gasteiger partial charge is 0.232 e. The van der Waals surface area contributed by atoms with Crippen LogP contribution in [0.4, 0.5) is 0 Å². The molecule has 6 heterocycles. The molecule has 0 fully saturated rings. The second kappa shape index (κ2) is 24.9. The van der Waals surface area contributed by atoms with E-state index in [0.29, 0.717) is 23.6 Å². The zero-order chi connectivity index (χ0) is 61.7. The summed E-state index contributed by atoms with van der Waals surface area (Å²) in [7, 11) is 0. The molecule has 0 saturated carbocycles. The van der Waals surface area contributed by atoms with Crippen LogP contribution in [0.25, 0.3) is 0 Å². The summed E-state index contributed by atoms with van der Waals surface area (Å²) < 4.78 is 23.2. The number of oxime groups is 1. The van der Waals surface area contributed by atoms with Crippen LogP contribution in [0.15, 0.2) is 35.5 Å². The predicted octanol–water partition coefficient (Wildman–Crippen LogP) is 16.8. The van der Waals surface area contributed by atoms with Crippen molar-refractivity contribution in [3.8, 4) is 0 Å². The van der Waals surface area contributed by atoms with Crippen LogP contribution in [0.1, 0.15) is 308 Å². The van der Waals surface area contributed by atoms with Crippen molar-refractivity contribution in [2.24, 2.45) is 16.0 Å². The summed E-state index contributed by atoms with van der Waals surface area (Å²) in [6.07, 6.45) is 3.04. The molecule has 0 spiro atoms. The van der Waals surface area contributed by atoms with E-state index in [2.05, 4.69) is 306 Å². The maximum atomic E-state index is 5.59.